The van der Waals surface area contributed by atoms with E-state index in [0.29, 0.717) is 0 Å². The van der Waals surface area contributed by atoms with E-state index in [0.717, 1.165) is 57.8 Å². The van der Waals surface area contributed by atoms with Crippen LogP contribution in [0.15, 0.2) is 4.99 Å². The van der Waals surface area contributed by atoms with Gasteiger partial charge in [0.1, 0.15) is 0 Å². The summed E-state index contributed by atoms with van der Waals surface area (Å²) >= 11 is 0. The van der Waals surface area contributed by atoms with Crippen LogP contribution >= 0.6 is 0 Å². The molecule has 0 aromatic carbocycles. The Morgan fingerprint density at radius 3 is 2.39 bits per heavy atom. The first-order chi connectivity index (χ1) is 11.3. The molecule has 0 bridgehead atoms. The molecule has 6 heteroatoms. The van der Waals surface area contributed by atoms with Crippen LogP contribution in [0.25, 0.3) is 0 Å². The summed E-state index contributed by atoms with van der Waals surface area (Å²) in [5.41, 5.74) is 0. The lowest BCUT2D eigenvalue weighted by molar-refractivity contribution is 0.0389. The van der Waals surface area contributed by atoms with Gasteiger partial charge >= 0.3 is 0 Å². The molecule has 2 N–H and O–H groups in total. The molecule has 0 aliphatic carbocycles. The molecule has 0 unspecified atom stereocenters. The molecule has 0 aromatic heterocycles. The summed E-state index contributed by atoms with van der Waals surface area (Å²) in [6, 6.07) is 0. The fourth-order valence-corrected chi connectivity index (χ4v) is 3.35. The topological polar surface area (TPSA) is 52.1 Å². The van der Waals surface area contributed by atoms with Crippen LogP contribution in [-0.2, 0) is 4.74 Å². The van der Waals surface area contributed by atoms with Gasteiger partial charge in [-0.1, -0.05) is 6.92 Å². The van der Waals surface area contributed by atoms with Crippen molar-refractivity contribution in [1.29, 1.82) is 0 Å². The summed E-state index contributed by atoms with van der Waals surface area (Å²) in [5, 5.41) is 6.93. The zero-order valence-electron chi connectivity index (χ0n) is 15.0. The van der Waals surface area contributed by atoms with E-state index in [2.05, 4.69) is 32.3 Å². The quantitative estimate of drug-likeness (QED) is 0.530. The van der Waals surface area contributed by atoms with Crippen molar-refractivity contribution in [3.63, 3.8) is 0 Å². The third-order valence-corrected chi connectivity index (χ3v) is 4.85. The first-order valence-corrected chi connectivity index (χ1v) is 9.28. The van der Waals surface area contributed by atoms with E-state index < -0.39 is 0 Å². The summed E-state index contributed by atoms with van der Waals surface area (Å²) < 4.78 is 5.38. The van der Waals surface area contributed by atoms with Gasteiger partial charge in [-0.05, 0) is 44.8 Å². The maximum atomic E-state index is 5.38. The largest absolute Gasteiger partial charge is 0.379 e. The molecule has 2 aliphatic heterocycles. The standard InChI is InChI=1S/C17H35N5O/c1-3-7-21-8-4-16(5-9-21)15-20-17(18-2)19-6-10-22-11-13-23-14-12-22/h16H,3-15H2,1-2H3,(H2,18,19,20). The summed E-state index contributed by atoms with van der Waals surface area (Å²) in [6.07, 6.45) is 3.87. The third-order valence-electron chi connectivity index (χ3n) is 4.85. The van der Waals surface area contributed by atoms with Gasteiger partial charge in [0, 0.05) is 39.8 Å². The number of rotatable bonds is 7. The van der Waals surface area contributed by atoms with E-state index in [-0.39, 0.29) is 0 Å². The molecule has 0 aromatic rings. The first-order valence-electron chi connectivity index (χ1n) is 9.28. The minimum absolute atomic E-state index is 0.779. The average Bonchev–Trinajstić information content (AvgIpc) is 2.60. The summed E-state index contributed by atoms with van der Waals surface area (Å²) in [6.45, 7) is 12.9. The molecule has 2 saturated heterocycles. The molecule has 134 valence electrons. The third kappa shape index (κ3) is 7.06. The second-order valence-electron chi connectivity index (χ2n) is 6.62. The smallest absolute Gasteiger partial charge is 0.191 e. The van der Waals surface area contributed by atoms with Crippen molar-refractivity contribution in [2.75, 3.05) is 72.6 Å². The number of likely N-dealkylation sites (tertiary alicyclic amines) is 1. The molecule has 6 nitrogen and oxygen atoms in total. The lowest BCUT2D eigenvalue weighted by Gasteiger charge is -2.32. The number of hydrogen-bond donors (Lipinski definition) is 2. The predicted octanol–water partition coefficient (Wildman–Crippen LogP) is 0.606. The van der Waals surface area contributed by atoms with Gasteiger partial charge in [0.2, 0.25) is 0 Å². The number of guanidine groups is 1. The highest BCUT2D eigenvalue weighted by molar-refractivity contribution is 5.79. The van der Waals surface area contributed by atoms with E-state index in [1.165, 1.54) is 38.9 Å². The van der Waals surface area contributed by atoms with E-state index in [1.807, 2.05) is 7.05 Å². The van der Waals surface area contributed by atoms with Gasteiger partial charge in [-0.3, -0.25) is 9.89 Å². The van der Waals surface area contributed by atoms with Crippen molar-refractivity contribution >= 4 is 5.96 Å². The van der Waals surface area contributed by atoms with Gasteiger partial charge in [0.25, 0.3) is 0 Å². The fraction of sp³-hybridized carbons (Fsp3) is 0.941. The highest BCUT2D eigenvalue weighted by Gasteiger charge is 2.18. The van der Waals surface area contributed by atoms with Crippen LogP contribution < -0.4 is 10.6 Å². The minimum atomic E-state index is 0.779. The van der Waals surface area contributed by atoms with Gasteiger partial charge < -0.3 is 20.3 Å². The maximum Gasteiger partial charge on any atom is 0.191 e. The maximum absolute atomic E-state index is 5.38. The van der Waals surface area contributed by atoms with Gasteiger partial charge in [-0.2, -0.15) is 0 Å². The lowest BCUT2D eigenvalue weighted by atomic mass is 9.97. The van der Waals surface area contributed by atoms with Crippen molar-refractivity contribution in [3.8, 4) is 0 Å². The van der Waals surface area contributed by atoms with Crippen LogP contribution in [0.2, 0.25) is 0 Å². The normalized spacial score (nSPS) is 22.3. The van der Waals surface area contributed by atoms with E-state index >= 15 is 0 Å². The van der Waals surface area contributed by atoms with Crippen LogP contribution in [0.3, 0.4) is 0 Å². The van der Waals surface area contributed by atoms with Crippen molar-refractivity contribution < 1.29 is 4.74 Å². The van der Waals surface area contributed by atoms with Crippen molar-refractivity contribution in [2.24, 2.45) is 10.9 Å². The molecular formula is C17H35N5O. The fourth-order valence-electron chi connectivity index (χ4n) is 3.35. The average molecular weight is 326 g/mol. The molecule has 2 fully saturated rings. The number of aliphatic imine (C=N–C) groups is 1. The molecule has 0 atom stereocenters. The Labute approximate surface area is 141 Å². The molecule has 0 radical (unpaired) electrons. The number of morpholine rings is 1. The van der Waals surface area contributed by atoms with Crippen molar-refractivity contribution in [2.45, 2.75) is 26.2 Å². The van der Waals surface area contributed by atoms with Crippen LogP contribution in [0.1, 0.15) is 26.2 Å². The molecule has 23 heavy (non-hydrogen) atoms. The van der Waals surface area contributed by atoms with Gasteiger partial charge in [0.05, 0.1) is 13.2 Å². The van der Waals surface area contributed by atoms with Crippen LogP contribution in [0.5, 0.6) is 0 Å². The second-order valence-corrected chi connectivity index (χ2v) is 6.62. The molecule has 0 amide bonds. The molecular weight excluding hydrogens is 290 g/mol. The van der Waals surface area contributed by atoms with Crippen molar-refractivity contribution in [1.82, 2.24) is 20.4 Å². The Balaban J connectivity index is 1.56. The van der Waals surface area contributed by atoms with Gasteiger partial charge in [0.15, 0.2) is 5.96 Å². The number of ether oxygens (including phenoxy) is 1. The van der Waals surface area contributed by atoms with Crippen LogP contribution in [0, 0.1) is 5.92 Å². The first kappa shape index (κ1) is 18.5. The zero-order chi connectivity index (χ0) is 16.3. The SMILES string of the molecule is CCCN1CCC(CNC(=NC)NCCN2CCOCC2)CC1. The number of nitrogens with zero attached hydrogens (tertiary/aromatic N) is 3. The molecule has 2 aliphatic rings. The van der Waals surface area contributed by atoms with Crippen molar-refractivity contribution in [3.05, 3.63) is 0 Å². The lowest BCUT2D eigenvalue weighted by Crippen LogP contribution is -2.46. The number of nitrogens with one attached hydrogen (secondary N) is 2. The minimum Gasteiger partial charge on any atom is -0.379 e. The highest BCUT2D eigenvalue weighted by atomic mass is 16.5. The Bertz CT molecular complexity index is 336. The Morgan fingerprint density at radius 1 is 1.04 bits per heavy atom. The summed E-state index contributed by atoms with van der Waals surface area (Å²) in [4.78, 5) is 9.37. The van der Waals surface area contributed by atoms with E-state index in [1.54, 1.807) is 0 Å². The zero-order valence-corrected chi connectivity index (χ0v) is 15.0. The Morgan fingerprint density at radius 2 is 1.74 bits per heavy atom. The molecule has 2 rings (SSSR count). The molecule has 0 saturated carbocycles. The Hall–Kier alpha value is -0.850. The highest BCUT2D eigenvalue weighted by Crippen LogP contribution is 2.16. The van der Waals surface area contributed by atoms with E-state index in [4.69, 9.17) is 4.74 Å². The second kappa shape index (κ2) is 10.8. The summed E-state index contributed by atoms with van der Waals surface area (Å²) in [5.74, 6) is 1.72. The van der Waals surface area contributed by atoms with Crippen LogP contribution in [-0.4, -0.2) is 88.4 Å². The monoisotopic (exact) mass is 325 g/mol. The number of piperidine rings is 1. The van der Waals surface area contributed by atoms with Gasteiger partial charge in [-0.25, -0.2) is 0 Å². The summed E-state index contributed by atoms with van der Waals surface area (Å²) in [7, 11) is 1.86. The predicted molar refractivity (Wildman–Crippen MR) is 96.1 cm³/mol. The van der Waals surface area contributed by atoms with E-state index in [9.17, 15) is 0 Å². The number of hydrogen-bond acceptors (Lipinski definition) is 4. The Kier molecular flexibility index (Phi) is 8.71. The molecule has 2 heterocycles. The van der Waals surface area contributed by atoms with Crippen LogP contribution in [0.4, 0.5) is 0 Å². The molecule has 0 spiro atoms. The van der Waals surface area contributed by atoms with Gasteiger partial charge in [-0.15, -0.1) is 0 Å².